The third-order valence-electron chi connectivity index (χ3n) is 6.55. The van der Waals surface area contributed by atoms with Gasteiger partial charge in [0, 0.05) is 52.4 Å². The Hall–Kier alpha value is -2.08. The van der Waals surface area contributed by atoms with Crippen molar-refractivity contribution in [2.24, 2.45) is 0 Å². The predicted octanol–water partition coefficient (Wildman–Crippen LogP) is -0.395. The minimum atomic E-state index is -0.991. The van der Waals surface area contributed by atoms with Gasteiger partial charge in [-0.2, -0.15) is 0 Å². The monoisotopic (exact) mass is 458 g/mol. The number of ketones is 1. The maximum absolute atomic E-state index is 12.0. The zero-order valence-corrected chi connectivity index (χ0v) is 19.7. The van der Waals surface area contributed by atoms with Crippen LogP contribution in [-0.4, -0.2) is 135 Å². The number of rotatable bonds is 8. The van der Waals surface area contributed by atoms with Crippen molar-refractivity contribution in [1.29, 1.82) is 0 Å². The van der Waals surface area contributed by atoms with Gasteiger partial charge in [-0.05, 0) is 34.6 Å². The molecule has 0 amide bonds. The van der Waals surface area contributed by atoms with Crippen molar-refractivity contribution in [2.45, 2.75) is 58.8 Å². The second-order valence-corrected chi connectivity index (χ2v) is 8.47. The summed E-state index contributed by atoms with van der Waals surface area (Å²) in [5, 5.41) is 28.5. The molecule has 1 heterocycles. The molecule has 11 nitrogen and oxygen atoms in total. The fraction of sp³-hybridized carbons (Fsp3) is 0.810. The summed E-state index contributed by atoms with van der Waals surface area (Å²) in [5.41, 5.74) is 0. The molecule has 1 saturated heterocycles. The van der Waals surface area contributed by atoms with Crippen LogP contribution in [0.2, 0.25) is 0 Å². The van der Waals surface area contributed by atoms with Crippen LogP contribution in [0.25, 0.3) is 0 Å². The first-order chi connectivity index (χ1) is 14.9. The molecule has 1 aliphatic rings. The molecule has 1 rings (SSSR count). The van der Waals surface area contributed by atoms with Crippen LogP contribution in [0.5, 0.6) is 0 Å². The Labute approximate surface area is 189 Å². The van der Waals surface area contributed by atoms with Crippen molar-refractivity contribution >= 4 is 23.7 Å². The van der Waals surface area contributed by atoms with Crippen LogP contribution in [0.3, 0.4) is 0 Å². The lowest BCUT2D eigenvalue weighted by Gasteiger charge is -2.38. The fourth-order valence-corrected chi connectivity index (χ4v) is 3.75. The Morgan fingerprint density at radius 1 is 0.500 bits per heavy atom. The molecular weight excluding hydrogens is 420 g/mol. The highest BCUT2D eigenvalue weighted by Gasteiger charge is 2.29. The van der Waals surface area contributed by atoms with Crippen molar-refractivity contribution in [3.8, 4) is 0 Å². The van der Waals surface area contributed by atoms with E-state index in [9.17, 15) is 34.5 Å². The van der Waals surface area contributed by atoms with E-state index in [0.717, 1.165) is 0 Å². The summed E-state index contributed by atoms with van der Waals surface area (Å²) >= 11 is 0. The third kappa shape index (κ3) is 8.12. The molecule has 3 N–H and O–H groups in total. The molecule has 0 aromatic rings. The largest absolute Gasteiger partial charge is 0.480 e. The van der Waals surface area contributed by atoms with Crippen LogP contribution >= 0.6 is 0 Å². The number of carbonyl (C=O) groups excluding carboxylic acids is 1. The van der Waals surface area contributed by atoms with Crippen molar-refractivity contribution in [3.63, 3.8) is 0 Å². The number of aliphatic carboxylic acids is 3. The summed E-state index contributed by atoms with van der Waals surface area (Å²) in [5.74, 6) is -2.95. The van der Waals surface area contributed by atoms with Gasteiger partial charge in [0.15, 0.2) is 0 Å². The maximum atomic E-state index is 12.0. The molecule has 0 bridgehead atoms. The Morgan fingerprint density at radius 2 is 0.688 bits per heavy atom. The number of carbonyl (C=O) groups is 4. The van der Waals surface area contributed by atoms with Crippen LogP contribution in [-0.2, 0) is 19.2 Å². The van der Waals surface area contributed by atoms with Gasteiger partial charge in [0.05, 0.1) is 6.04 Å². The first-order valence-corrected chi connectivity index (χ1v) is 11.0. The summed E-state index contributed by atoms with van der Waals surface area (Å²) < 4.78 is 0. The van der Waals surface area contributed by atoms with E-state index in [1.165, 1.54) is 6.92 Å². The van der Waals surface area contributed by atoms with Gasteiger partial charge in [-0.25, -0.2) is 0 Å². The molecule has 184 valence electrons. The summed E-state index contributed by atoms with van der Waals surface area (Å²) in [6, 6.07) is -2.71. The highest BCUT2D eigenvalue weighted by atomic mass is 16.4. The SMILES string of the molecule is CC(=O)C(C)N1CCN(C(C)C(=O)O)CCN(C(C)C(=O)O)CCN(C(C)C(=O)O)CC1. The van der Waals surface area contributed by atoms with Gasteiger partial charge in [0.1, 0.15) is 23.9 Å². The van der Waals surface area contributed by atoms with Gasteiger partial charge in [-0.1, -0.05) is 0 Å². The van der Waals surface area contributed by atoms with E-state index in [1.807, 2.05) is 4.90 Å². The van der Waals surface area contributed by atoms with E-state index in [0.29, 0.717) is 52.4 Å². The van der Waals surface area contributed by atoms with Crippen LogP contribution < -0.4 is 0 Å². The van der Waals surface area contributed by atoms with Crippen molar-refractivity contribution in [3.05, 3.63) is 0 Å². The normalized spacial score (nSPS) is 22.7. The summed E-state index contributed by atoms with van der Waals surface area (Å²) in [6.07, 6.45) is 0. The lowest BCUT2D eigenvalue weighted by molar-refractivity contribution is -0.146. The van der Waals surface area contributed by atoms with Crippen LogP contribution in [0.15, 0.2) is 0 Å². The number of hydrogen-bond acceptors (Lipinski definition) is 8. The zero-order chi connectivity index (χ0) is 24.6. The van der Waals surface area contributed by atoms with Crippen molar-refractivity contribution in [2.75, 3.05) is 52.4 Å². The standard InChI is InChI=1S/C21H38N4O7/c1-14(18(5)26)22-6-8-23(15(2)19(27)28)10-12-25(17(4)21(31)32)13-11-24(9-7-22)16(3)20(29)30/h14-17H,6-13H2,1-5H3,(H,27,28)(H,29,30)(H,31,32). The molecule has 1 fully saturated rings. The molecule has 4 atom stereocenters. The van der Waals surface area contributed by atoms with Crippen LogP contribution in [0, 0.1) is 0 Å². The minimum absolute atomic E-state index is 0.0192. The van der Waals surface area contributed by atoms with Crippen LogP contribution in [0.4, 0.5) is 0 Å². The second kappa shape index (κ2) is 12.8. The average Bonchev–Trinajstić information content (AvgIpc) is 2.72. The number of carboxylic acid groups (broad SMARTS) is 3. The van der Waals surface area contributed by atoms with E-state index in [4.69, 9.17) is 0 Å². The Balaban J connectivity index is 3.21. The molecule has 0 saturated carbocycles. The Kier molecular flexibility index (Phi) is 11.2. The topological polar surface area (TPSA) is 142 Å². The van der Waals surface area contributed by atoms with Gasteiger partial charge in [-0.3, -0.25) is 38.8 Å². The molecule has 0 aliphatic carbocycles. The van der Waals surface area contributed by atoms with Gasteiger partial charge < -0.3 is 15.3 Å². The Bertz CT molecular complexity index is 547. The summed E-state index contributed by atoms with van der Waals surface area (Å²) in [7, 11) is 0. The number of carboxylic acids is 3. The molecule has 32 heavy (non-hydrogen) atoms. The molecule has 0 spiro atoms. The molecule has 0 aromatic carbocycles. The number of nitrogens with zero attached hydrogens (tertiary/aromatic N) is 4. The van der Waals surface area contributed by atoms with Gasteiger partial charge in [0.25, 0.3) is 0 Å². The van der Waals surface area contributed by atoms with E-state index >= 15 is 0 Å². The fourth-order valence-electron chi connectivity index (χ4n) is 3.75. The first kappa shape index (κ1) is 28.0. The lowest BCUT2D eigenvalue weighted by Crippen LogP contribution is -2.54. The average molecular weight is 459 g/mol. The summed E-state index contributed by atoms with van der Waals surface area (Å²) in [4.78, 5) is 54.1. The lowest BCUT2D eigenvalue weighted by atomic mass is 10.1. The predicted molar refractivity (Wildman–Crippen MR) is 118 cm³/mol. The van der Waals surface area contributed by atoms with Gasteiger partial charge in [-0.15, -0.1) is 0 Å². The minimum Gasteiger partial charge on any atom is -0.480 e. The highest BCUT2D eigenvalue weighted by Crippen LogP contribution is 2.11. The smallest absolute Gasteiger partial charge is 0.320 e. The maximum Gasteiger partial charge on any atom is 0.320 e. The van der Waals surface area contributed by atoms with Crippen molar-refractivity contribution < 1.29 is 34.5 Å². The molecule has 0 radical (unpaired) electrons. The second-order valence-electron chi connectivity index (χ2n) is 8.47. The summed E-state index contributed by atoms with van der Waals surface area (Å²) in [6.45, 7) is 11.0. The Morgan fingerprint density at radius 3 is 0.844 bits per heavy atom. The van der Waals surface area contributed by atoms with E-state index < -0.39 is 36.0 Å². The molecule has 0 aromatic heterocycles. The van der Waals surface area contributed by atoms with E-state index in [-0.39, 0.29) is 11.8 Å². The highest BCUT2D eigenvalue weighted by molar-refractivity contribution is 5.81. The molecular formula is C21H38N4O7. The number of hydrogen-bond donors (Lipinski definition) is 3. The third-order valence-corrected chi connectivity index (χ3v) is 6.55. The van der Waals surface area contributed by atoms with E-state index in [1.54, 1.807) is 42.4 Å². The van der Waals surface area contributed by atoms with Gasteiger partial charge in [0.2, 0.25) is 0 Å². The van der Waals surface area contributed by atoms with E-state index in [2.05, 4.69) is 0 Å². The first-order valence-electron chi connectivity index (χ1n) is 11.0. The number of Topliss-reactive ketones (excluding diaryl/α,β-unsaturated/α-hetero) is 1. The molecule has 1 aliphatic heterocycles. The van der Waals surface area contributed by atoms with Crippen molar-refractivity contribution in [1.82, 2.24) is 19.6 Å². The van der Waals surface area contributed by atoms with Gasteiger partial charge >= 0.3 is 17.9 Å². The molecule has 11 heteroatoms. The zero-order valence-electron chi connectivity index (χ0n) is 19.7. The van der Waals surface area contributed by atoms with Crippen LogP contribution in [0.1, 0.15) is 34.6 Å². The quantitative estimate of drug-likeness (QED) is 0.437. The molecule has 4 unspecified atom stereocenters.